The number of benzene rings is 2. The van der Waals surface area contributed by atoms with Crippen molar-refractivity contribution in [3.63, 3.8) is 0 Å². The first-order valence-electron chi connectivity index (χ1n) is 19.9. The summed E-state index contributed by atoms with van der Waals surface area (Å²) in [5.41, 5.74) is 9.88. The number of carbonyl (C=O) groups excluding carboxylic acids is 2. The number of nitrogens with one attached hydrogen (secondary N) is 2. The fourth-order valence-corrected chi connectivity index (χ4v) is 7.71. The summed E-state index contributed by atoms with van der Waals surface area (Å²) in [5, 5.41) is 6.17. The number of thioether (sulfide) groups is 2. The van der Waals surface area contributed by atoms with Crippen LogP contribution in [0.3, 0.4) is 0 Å². The SMILES string of the molecule is CC(C)=CCC/C(C)=C/CC/C(C)=C/CSc1ccccc1C(=O)NCCCCNC(=O)c1ccccc1SC/C=C(\C)CC/C=C(\C)CCC=C(C)C. The molecule has 2 aromatic carbocycles. The highest BCUT2D eigenvalue weighted by atomic mass is 32.2. The molecule has 0 aliphatic heterocycles. The van der Waals surface area contributed by atoms with Crippen molar-refractivity contribution >= 4 is 35.3 Å². The molecule has 0 saturated carbocycles. The minimum Gasteiger partial charge on any atom is -0.352 e. The smallest absolute Gasteiger partial charge is 0.252 e. The van der Waals surface area contributed by atoms with E-state index in [0.717, 1.165) is 85.5 Å². The van der Waals surface area contributed by atoms with Crippen molar-refractivity contribution in [1.29, 1.82) is 0 Å². The van der Waals surface area contributed by atoms with Gasteiger partial charge in [0.25, 0.3) is 11.8 Å². The number of hydrogen-bond donors (Lipinski definition) is 2. The Bertz CT molecular complexity index is 1510. The average Bonchev–Trinajstić information content (AvgIpc) is 3.13. The zero-order valence-electron chi connectivity index (χ0n) is 34.6. The molecule has 2 amide bonds. The summed E-state index contributed by atoms with van der Waals surface area (Å²) >= 11 is 3.41. The Morgan fingerprint density at radius 3 is 1.19 bits per heavy atom. The van der Waals surface area contributed by atoms with Crippen molar-refractivity contribution in [2.24, 2.45) is 0 Å². The topological polar surface area (TPSA) is 58.2 Å². The number of unbranched alkanes of at least 4 members (excludes halogenated alkanes) is 1. The van der Waals surface area contributed by atoms with E-state index >= 15 is 0 Å². The van der Waals surface area contributed by atoms with E-state index in [1.165, 1.54) is 33.4 Å². The van der Waals surface area contributed by atoms with Gasteiger partial charge < -0.3 is 10.6 Å². The summed E-state index contributed by atoms with van der Waals surface area (Å²) in [7, 11) is 0. The lowest BCUT2D eigenvalue weighted by atomic mass is 10.1. The van der Waals surface area contributed by atoms with Crippen LogP contribution < -0.4 is 10.6 Å². The molecule has 2 rings (SSSR count). The maximum Gasteiger partial charge on any atom is 0.252 e. The Hall–Kier alpha value is -3.48. The molecular formula is C48H68N2O2S2. The predicted molar refractivity (Wildman–Crippen MR) is 239 cm³/mol. The normalized spacial score (nSPS) is 12.4. The lowest BCUT2D eigenvalue weighted by molar-refractivity contribution is 0.0936. The second-order valence-electron chi connectivity index (χ2n) is 14.8. The highest BCUT2D eigenvalue weighted by Gasteiger charge is 2.12. The second-order valence-corrected chi connectivity index (χ2v) is 16.9. The maximum absolute atomic E-state index is 13.1. The molecule has 0 aliphatic rings. The van der Waals surface area contributed by atoms with E-state index in [9.17, 15) is 9.59 Å². The fourth-order valence-electron chi connectivity index (χ4n) is 5.63. The van der Waals surface area contributed by atoms with Crippen molar-refractivity contribution < 1.29 is 9.59 Å². The zero-order chi connectivity index (χ0) is 39.6. The van der Waals surface area contributed by atoms with E-state index in [1.54, 1.807) is 23.5 Å². The van der Waals surface area contributed by atoms with Crippen LogP contribution in [0.1, 0.15) is 140 Å². The van der Waals surface area contributed by atoms with Gasteiger partial charge in [-0.15, -0.1) is 23.5 Å². The van der Waals surface area contributed by atoms with Crippen LogP contribution in [0, 0.1) is 0 Å². The van der Waals surface area contributed by atoms with E-state index < -0.39 is 0 Å². The molecule has 294 valence electrons. The van der Waals surface area contributed by atoms with Gasteiger partial charge in [0, 0.05) is 34.4 Å². The zero-order valence-corrected chi connectivity index (χ0v) is 36.2. The van der Waals surface area contributed by atoms with E-state index in [2.05, 4.69) is 102 Å². The molecular weight excluding hydrogens is 701 g/mol. The third-order valence-corrected chi connectivity index (χ3v) is 11.0. The molecule has 0 saturated heterocycles. The number of carbonyl (C=O) groups is 2. The van der Waals surface area contributed by atoms with Gasteiger partial charge in [-0.3, -0.25) is 9.59 Å². The Kier molecular flexibility index (Phi) is 24.2. The molecule has 0 aromatic heterocycles. The Labute approximate surface area is 337 Å². The van der Waals surface area contributed by atoms with Crippen LogP contribution in [0.25, 0.3) is 0 Å². The second kappa shape index (κ2) is 28.0. The van der Waals surface area contributed by atoms with Gasteiger partial charge in [0.2, 0.25) is 0 Å². The monoisotopic (exact) mass is 768 g/mol. The minimum atomic E-state index is -0.0477. The fraction of sp³-hybridized carbons (Fsp3) is 0.458. The van der Waals surface area contributed by atoms with E-state index in [-0.39, 0.29) is 11.8 Å². The third kappa shape index (κ3) is 21.4. The molecule has 54 heavy (non-hydrogen) atoms. The van der Waals surface area contributed by atoms with Crippen LogP contribution in [-0.4, -0.2) is 36.4 Å². The molecule has 0 fully saturated rings. The molecule has 2 aromatic rings. The maximum atomic E-state index is 13.1. The van der Waals surface area contributed by atoms with E-state index in [4.69, 9.17) is 0 Å². The van der Waals surface area contributed by atoms with Gasteiger partial charge in [-0.25, -0.2) is 0 Å². The van der Waals surface area contributed by atoms with Crippen LogP contribution >= 0.6 is 23.5 Å². The summed E-state index contributed by atoms with van der Waals surface area (Å²) in [4.78, 5) is 28.1. The lowest BCUT2D eigenvalue weighted by Gasteiger charge is -2.11. The highest BCUT2D eigenvalue weighted by molar-refractivity contribution is 7.99. The molecule has 0 heterocycles. The quantitative estimate of drug-likeness (QED) is 0.0600. The first kappa shape index (κ1) is 46.7. The number of rotatable bonds is 25. The molecule has 4 nitrogen and oxygen atoms in total. The third-order valence-electron chi connectivity index (χ3n) is 9.02. The summed E-state index contributed by atoms with van der Waals surface area (Å²) in [6, 6.07) is 15.7. The summed E-state index contributed by atoms with van der Waals surface area (Å²) < 4.78 is 0. The Balaban J connectivity index is 1.72. The van der Waals surface area contributed by atoms with Gasteiger partial charge in [0.1, 0.15) is 0 Å². The largest absolute Gasteiger partial charge is 0.352 e. The van der Waals surface area contributed by atoms with Crippen molar-refractivity contribution in [2.45, 2.75) is 129 Å². The van der Waals surface area contributed by atoms with Gasteiger partial charge in [0.05, 0.1) is 11.1 Å². The Morgan fingerprint density at radius 1 is 0.481 bits per heavy atom. The molecule has 0 unspecified atom stereocenters. The average molecular weight is 769 g/mol. The van der Waals surface area contributed by atoms with Crippen molar-refractivity contribution in [1.82, 2.24) is 10.6 Å². The molecule has 0 radical (unpaired) electrons. The molecule has 0 atom stereocenters. The van der Waals surface area contributed by atoms with Crippen LogP contribution in [0.4, 0.5) is 0 Å². The van der Waals surface area contributed by atoms with Crippen molar-refractivity contribution in [3.05, 3.63) is 130 Å². The molecule has 0 aliphatic carbocycles. The first-order valence-corrected chi connectivity index (χ1v) is 21.8. The van der Waals surface area contributed by atoms with E-state index in [0.29, 0.717) is 24.2 Å². The lowest BCUT2D eigenvalue weighted by Crippen LogP contribution is -2.27. The van der Waals surface area contributed by atoms with Gasteiger partial charge in [-0.1, -0.05) is 94.2 Å². The molecule has 0 spiro atoms. The van der Waals surface area contributed by atoms with Gasteiger partial charge >= 0.3 is 0 Å². The van der Waals surface area contributed by atoms with E-state index in [1.807, 2.05) is 48.5 Å². The molecule has 2 N–H and O–H groups in total. The number of hydrogen-bond acceptors (Lipinski definition) is 4. The molecule has 6 heteroatoms. The number of allylic oxidation sites excluding steroid dienone is 10. The first-order chi connectivity index (χ1) is 26.0. The van der Waals surface area contributed by atoms with Crippen molar-refractivity contribution in [3.8, 4) is 0 Å². The standard InChI is InChI=1S/C48H68N2O2S2/c1-37(2)19-15-21-39(5)23-17-25-41(7)31-35-53-45-29-11-9-27-43(45)47(51)49-33-13-14-34-50-48(52)44-28-10-12-30-46(44)54-36-32-42(8)26-18-24-40(6)22-16-20-38(3)4/h9-12,19-20,23-24,27-32H,13-18,21-22,25-26,33-36H2,1-8H3,(H,49,51)(H,50,52)/b39-23+,40-24+,41-31+,42-32+. The van der Waals surface area contributed by atoms with Gasteiger partial charge in [0.15, 0.2) is 0 Å². The molecule has 0 bridgehead atoms. The van der Waals surface area contributed by atoms with Crippen molar-refractivity contribution in [2.75, 3.05) is 24.6 Å². The Morgan fingerprint density at radius 2 is 0.815 bits per heavy atom. The minimum absolute atomic E-state index is 0.0477. The summed E-state index contributed by atoms with van der Waals surface area (Å²) in [6.07, 6.45) is 24.2. The van der Waals surface area contributed by atoms with Gasteiger partial charge in [-0.05, 0) is 144 Å². The predicted octanol–water partition coefficient (Wildman–Crippen LogP) is 13.6. The van der Waals surface area contributed by atoms with Gasteiger partial charge in [-0.2, -0.15) is 0 Å². The highest BCUT2D eigenvalue weighted by Crippen LogP contribution is 2.25. The van der Waals surface area contributed by atoms with Crippen LogP contribution in [0.5, 0.6) is 0 Å². The summed E-state index contributed by atoms with van der Waals surface area (Å²) in [5.74, 6) is 1.58. The van der Waals surface area contributed by atoms with Crippen LogP contribution in [0.15, 0.2) is 128 Å². The number of amides is 2. The van der Waals surface area contributed by atoms with Crippen LogP contribution in [0.2, 0.25) is 0 Å². The van der Waals surface area contributed by atoms with Crippen LogP contribution in [-0.2, 0) is 0 Å². The summed E-state index contributed by atoms with van der Waals surface area (Å²) in [6.45, 7) is 18.6.